The van der Waals surface area contributed by atoms with E-state index >= 15 is 0 Å². The van der Waals surface area contributed by atoms with Gasteiger partial charge in [-0.2, -0.15) is 0 Å². The number of rotatable bonds is 7. The molecule has 1 aliphatic carbocycles. The normalized spacial score (nSPS) is 17.7. The van der Waals surface area contributed by atoms with Crippen LogP contribution in [-0.2, 0) is 6.54 Å². The van der Waals surface area contributed by atoms with Crippen molar-refractivity contribution in [2.24, 2.45) is 5.41 Å². The van der Waals surface area contributed by atoms with E-state index in [-0.39, 0.29) is 17.7 Å². The van der Waals surface area contributed by atoms with Crippen LogP contribution in [0.4, 0.5) is 0 Å². The van der Waals surface area contributed by atoms with E-state index in [4.69, 9.17) is 5.11 Å². The zero-order chi connectivity index (χ0) is 13.7. The van der Waals surface area contributed by atoms with Crippen molar-refractivity contribution in [2.75, 3.05) is 19.7 Å². The number of hydrogen-bond donors (Lipinski definition) is 3. The van der Waals surface area contributed by atoms with Gasteiger partial charge in [0.25, 0.3) is 0 Å². The summed E-state index contributed by atoms with van der Waals surface area (Å²) in [5, 5.41) is 28.8. The second kappa shape index (κ2) is 6.12. The lowest BCUT2D eigenvalue weighted by molar-refractivity contribution is 0.0690. The Bertz CT molecular complexity index is 426. The summed E-state index contributed by atoms with van der Waals surface area (Å²) >= 11 is 0. The molecule has 7 heteroatoms. The van der Waals surface area contributed by atoms with Gasteiger partial charge in [0.2, 0.25) is 0 Å². The number of aromatic carboxylic acids is 1. The lowest BCUT2D eigenvalue weighted by Crippen LogP contribution is -2.36. The van der Waals surface area contributed by atoms with Crippen LogP contribution >= 0.6 is 0 Å². The number of aromatic nitrogens is 3. The maximum Gasteiger partial charge on any atom is 0.358 e. The predicted molar refractivity (Wildman–Crippen MR) is 67.8 cm³/mol. The SMILES string of the molecule is O=C(O)c1cn(CCNCC2(CO)CCCC2)nn1. The first-order valence-electron chi connectivity index (χ1n) is 6.60. The van der Waals surface area contributed by atoms with E-state index in [0.717, 1.165) is 19.4 Å². The Balaban J connectivity index is 1.72. The lowest BCUT2D eigenvalue weighted by Gasteiger charge is -2.26. The number of carbonyl (C=O) groups is 1. The number of nitrogens with zero attached hydrogens (tertiary/aromatic N) is 3. The molecule has 1 saturated carbocycles. The Labute approximate surface area is 111 Å². The summed E-state index contributed by atoms with van der Waals surface area (Å²) in [6, 6.07) is 0. The van der Waals surface area contributed by atoms with Crippen LogP contribution in [0.5, 0.6) is 0 Å². The molecule has 0 atom stereocenters. The highest BCUT2D eigenvalue weighted by Crippen LogP contribution is 2.36. The van der Waals surface area contributed by atoms with Crippen molar-refractivity contribution in [2.45, 2.75) is 32.2 Å². The van der Waals surface area contributed by atoms with Crippen molar-refractivity contribution < 1.29 is 15.0 Å². The quantitative estimate of drug-likeness (QED) is 0.607. The molecule has 0 bridgehead atoms. The smallest absolute Gasteiger partial charge is 0.358 e. The Morgan fingerprint density at radius 2 is 2.21 bits per heavy atom. The molecule has 0 unspecified atom stereocenters. The Morgan fingerprint density at radius 3 is 2.79 bits per heavy atom. The molecule has 0 radical (unpaired) electrons. The van der Waals surface area contributed by atoms with Gasteiger partial charge in [0.05, 0.1) is 12.7 Å². The molecule has 106 valence electrons. The number of carboxylic acid groups (broad SMARTS) is 1. The molecule has 0 spiro atoms. The molecule has 1 aromatic heterocycles. The van der Waals surface area contributed by atoms with Gasteiger partial charge in [-0.25, -0.2) is 4.79 Å². The summed E-state index contributed by atoms with van der Waals surface area (Å²) < 4.78 is 1.51. The van der Waals surface area contributed by atoms with Crippen molar-refractivity contribution in [3.63, 3.8) is 0 Å². The summed E-state index contributed by atoms with van der Waals surface area (Å²) in [4.78, 5) is 10.6. The van der Waals surface area contributed by atoms with Gasteiger partial charge in [-0.05, 0) is 12.8 Å². The van der Waals surface area contributed by atoms with E-state index < -0.39 is 5.97 Å². The summed E-state index contributed by atoms with van der Waals surface area (Å²) in [6.07, 6.45) is 5.94. The summed E-state index contributed by atoms with van der Waals surface area (Å²) in [5.74, 6) is -1.07. The van der Waals surface area contributed by atoms with E-state index in [1.807, 2.05) is 0 Å². The van der Waals surface area contributed by atoms with Crippen molar-refractivity contribution in [3.05, 3.63) is 11.9 Å². The summed E-state index contributed by atoms with van der Waals surface area (Å²) in [5.41, 5.74) is -0.00294. The lowest BCUT2D eigenvalue weighted by atomic mass is 9.87. The van der Waals surface area contributed by atoms with Crippen LogP contribution in [0.3, 0.4) is 0 Å². The molecule has 3 N–H and O–H groups in total. The van der Waals surface area contributed by atoms with E-state index in [9.17, 15) is 9.90 Å². The first-order chi connectivity index (χ1) is 9.15. The van der Waals surface area contributed by atoms with Crippen LogP contribution in [-0.4, -0.2) is 50.9 Å². The van der Waals surface area contributed by atoms with Crippen LogP contribution in [0.15, 0.2) is 6.20 Å². The Hall–Kier alpha value is -1.47. The topological polar surface area (TPSA) is 100 Å². The molecule has 0 aromatic carbocycles. The second-order valence-corrected chi connectivity index (χ2v) is 5.21. The maximum absolute atomic E-state index is 10.6. The molecule has 2 rings (SSSR count). The van der Waals surface area contributed by atoms with Gasteiger partial charge in [-0.3, -0.25) is 4.68 Å². The van der Waals surface area contributed by atoms with Gasteiger partial charge in [-0.1, -0.05) is 18.1 Å². The number of aliphatic hydroxyl groups excluding tert-OH is 1. The third-order valence-corrected chi connectivity index (χ3v) is 3.78. The second-order valence-electron chi connectivity index (χ2n) is 5.21. The van der Waals surface area contributed by atoms with E-state index in [0.29, 0.717) is 13.1 Å². The van der Waals surface area contributed by atoms with Crippen LogP contribution in [0.1, 0.15) is 36.2 Å². The zero-order valence-electron chi connectivity index (χ0n) is 10.9. The summed E-state index contributed by atoms with van der Waals surface area (Å²) in [7, 11) is 0. The number of aliphatic hydroxyl groups is 1. The minimum atomic E-state index is -1.07. The first-order valence-corrected chi connectivity index (χ1v) is 6.60. The van der Waals surface area contributed by atoms with E-state index in [1.54, 1.807) is 0 Å². The average Bonchev–Trinajstić information content (AvgIpc) is 3.05. The fourth-order valence-electron chi connectivity index (χ4n) is 2.57. The molecule has 1 aliphatic rings. The van der Waals surface area contributed by atoms with Gasteiger partial charge >= 0.3 is 5.97 Å². The third kappa shape index (κ3) is 3.51. The molecular weight excluding hydrogens is 248 g/mol. The molecule has 7 nitrogen and oxygen atoms in total. The van der Waals surface area contributed by atoms with Crippen LogP contribution in [0.2, 0.25) is 0 Å². The number of nitrogens with one attached hydrogen (secondary N) is 1. The molecular formula is C12H20N4O3. The van der Waals surface area contributed by atoms with Gasteiger partial charge in [-0.15, -0.1) is 5.10 Å². The van der Waals surface area contributed by atoms with Crippen molar-refractivity contribution >= 4 is 5.97 Å². The Morgan fingerprint density at radius 1 is 1.47 bits per heavy atom. The molecule has 19 heavy (non-hydrogen) atoms. The van der Waals surface area contributed by atoms with Gasteiger partial charge in [0.15, 0.2) is 5.69 Å². The fraction of sp³-hybridized carbons (Fsp3) is 0.750. The monoisotopic (exact) mass is 268 g/mol. The van der Waals surface area contributed by atoms with Crippen molar-refractivity contribution in [1.29, 1.82) is 0 Å². The first kappa shape index (κ1) is 14.0. The van der Waals surface area contributed by atoms with E-state index in [1.165, 1.54) is 23.7 Å². The van der Waals surface area contributed by atoms with Crippen LogP contribution < -0.4 is 5.32 Å². The maximum atomic E-state index is 10.6. The van der Waals surface area contributed by atoms with Crippen molar-refractivity contribution in [1.82, 2.24) is 20.3 Å². The highest BCUT2D eigenvalue weighted by Gasteiger charge is 2.32. The molecule has 0 amide bonds. The predicted octanol–water partition coefficient (Wildman–Crippen LogP) is 0.119. The minimum Gasteiger partial charge on any atom is -0.476 e. The highest BCUT2D eigenvalue weighted by molar-refractivity contribution is 5.84. The van der Waals surface area contributed by atoms with Gasteiger partial charge < -0.3 is 15.5 Å². The molecule has 1 fully saturated rings. The number of hydrogen-bond acceptors (Lipinski definition) is 5. The largest absolute Gasteiger partial charge is 0.476 e. The Kier molecular flexibility index (Phi) is 4.49. The number of carboxylic acids is 1. The van der Waals surface area contributed by atoms with Gasteiger partial charge in [0, 0.05) is 25.1 Å². The summed E-state index contributed by atoms with van der Waals surface area (Å²) in [6.45, 7) is 2.28. The molecule has 1 aromatic rings. The zero-order valence-corrected chi connectivity index (χ0v) is 10.9. The molecule has 0 aliphatic heterocycles. The van der Waals surface area contributed by atoms with Crippen molar-refractivity contribution in [3.8, 4) is 0 Å². The molecule has 0 saturated heterocycles. The van der Waals surface area contributed by atoms with E-state index in [2.05, 4.69) is 15.6 Å². The highest BCUT2D eigenvalue weighted by atomic mass is 16.4. The van der Waals surface area contributed by atoms with Crippen LogP contribution in [0, 0.1) is 5.41 Å². The third-order valence-electron chi connectivity index (χ3n) is 3.78. The van der Waals surface area contributed by atoms with Crippen LogP contribution in [0.25, 0.3) is 0 Å². The average molecular weight is 268 g/mol. The van der Waals surface area contributed by atoms with Gasteiger partial charge in [0.1, 0.15) is 0 Å². The standard InChI is InChI=1S/C12H20N4O3/c17-9-12(3-1-2-4-12)8-13-5-6-16-7-10(11(18)19)14-15-16/h7,13,17H,1-6,8-9H2,(H,18,19). The minimum absolute atomic E-state index is 0.0363. The fourth-order valence-corrected chi connectivity index (χ4v) is 2.57. The molecule has 1 heterocycles.